The molecule has 2 rings (SSSR count). The van der Waals surface area contributed by atoms with Crippen molar-refractivity contribution >= 4 is 28.2 Å². The Labute approximate surface area is 127 Å². The summed E-state index contributed by atoms with van der Waals surface area (Å²) in [6.45, 7) is 7.37. The Morgan fingerprint density at radius 2 is 1.81 bits per heavy atom. The second kappa shape index (κ2) is 5.69. The number of carboxylic acids is 1. The summed E-state index contributed by atoms with van der Waals surface area (Å²) in [6.07, 6.45) is 0. The molecule has 4 nitrogen and oxygen atoms in total. The summed E-state index contributed by atoms with van der Waals surface area (Å²) in [4.78, 5) is 24.6. The molecule has 2 N–H and O–H groups in total. The van der Waals surface area contributed by atoms with Crippen molar-refractivity contribution in [3.05, 3.63) is 50.9 Å². The summed E-state index contributed by atoms with van der Waals surface area (Å²) >= 11 is 1.29. The highest BCUT2D eigenvalue weighted by Crippen LogP contribution is 2.32. The zero-order chi connectivity index (χ0) is 15.7. The Morgan fingerprint density at radius 3 is 2.43 bits per heavy atom. The average Bonchev–Trinajstić information content (AvgIpc) is 2.67. The van der Waals surface area contributed by atoms with E-state index in [1.54, 1.807) is 13.0 Å². The molecular formula is C16H17NO3S. The largest absolute Gasteiger partial charge is 0.478 e. The summed E-state index contributed by atoms with van der Waals surface area (Å²) in [5, 5.41) is 12.4. The average molecular weight is 303 g/mol. The predicted molar refractivity (Wildman–Crippen MR) is 84.6 cm³/mol. The number of aryl methyl sites for hydroxylation is 3. The van der Waals surface area contributed by atoms with Gasteiger partial charge in [0.1, 0.15) is 5.00 Å². The molecule has 110 valence electrons. The van der Waals surface area contributed by atoms with E-state index in [1.807, 2.05) is 32.9 Å². The van der Waals surface area contributed by atoms with Gasteiger partial charge >= 0.3 is 5.97 Å². The number of amides is 1. The minimum atomic E-state index is -1.02. The molecule has 2 aromatic rings. The predicted octanol–water partition coefficient (Wildman–Crippen LogP) is 3.93. The molecule has 0 aliphatic rings. The maximum Gasteiger partial charge on any atom is 0.338 e. The van der Waals surface area contributed by atoms with Crippen LogP contribution < -0.4 is 5.32 Å². The van der Waals surface area contributed by atoms with Gasteiger partial charge < -0.3 is 10.4 Å². The molecule has 21 heavy (non-hydrogen) atoms. The van der Waals surface area contributed by atoms with Crippen LogP contribution in [0.2, 0.25) is 0 Å². The van der Waals surface area contributed by atoms with Gasteiger partial charge in [0.2, 0.25) is 0 Å². The van der Waals surface area contributed by atoms with Gasteiger partial charge in [-0.05, 0) is 44.9 Å². The molecule has 1 aromatic carbocycles. The molecule has 1 aromatic heterocycles. The van der Waals surface area contributed by atoms with Crippen LogP contribution in [0.5, 0.6) is 0 Å². The van der Waals surface area contributed by atoms with Gasteiger partial charge in [0.05, 0.1) is 5.56 Å². The second-order valence-corrected chi connectivity index (χ2v) is 6.29. The van der Waals surface area contributed by atoms with E-state index in [2.05, 4.69) is 5.32 Å². The van der Waals surface area contributed by atoms with Gasteiger partial charge in [-0.25, -0.2) is 4.79 Å². The van der Waals surface area contributed by atoms with Crippen molar-refractivity contribution in [1.82, 2.24) is 0 Å². The summed E-state index contributed by atoms with van der Waals surface area (Å²) < 4.78 is 0. The van der Waals surface area contributed by atoms with Crippen molar-refractivity contribution in [3.63, 3.8) is 0 Å². The lowest BCUT2D eigenvalue weighted by Crippen LogP contribution is -2.15. The van der Waals surface area contributed by atoms with E-state index in [4.69, 9.17) is 0 Å². The first-order valence-corrected chi connectivity index (χ1v) is 7.34. The standard InChI is InChI=1S/C16H17NO3S/c1-8-5-6-9(2)12(7-8)14(18)17-15-13(16(19)20)10(3)11(4)21-15/h5-7H,1-4H3,(H,17,18)(H,19,20). The molecule has 0 aliphatic carbocycles. The Kier molecular flexibility index (Phi) is 4.14. The number of aromatic carboxylic acids is 1. The molecule has 5 heteroatoms. The number of hydrogen-bond donors (Lipinski definition) is 2. The molecule has 0 saturated heterocycles. The zero-order valence-corrected chi connectivity index (χ0v) is 13.2. The molecule has 0 spiro atoms. The van der Waals surface area contributed by atoms with Gasteiger partial charge in [0.25, 0.3) is 5.91 Å². The lowest BCUT2D eigenvalue weighted by Gasteiger charge is -2.08. The minimum Gasteiger partial charge on any atom is -0.478 e. The first kappa shape index (κ1) is 15.3. The van der Waals surface area contributed by atoms with Crippen molar-refractivity contribution in [3.8, 4) is 0 Å². The number of rotatable bonds is 3. The van der Waals surface area contributed by atoms with Gasteiger partial charge in [0.15, 0.2) is 0 Å². The van der Waals surface area contributed by atoms with Crippen molar-refractivity contribution in [2.75, 3.05) is 5.32 Å². The summed E-state index contributed by atoms with van der Waals surface area (Å²) in [6, 6.07) is 5.62. The van der Waals surface area contributed by atoms with Crippen LogP contribution in [0.4, 0.5) is 5.00 Å². The highest BCUT2D eigenvalue weighted by Gasteiger charge is 2.21. The first-order chi connectivity index (χ1) is 9.81. The second-order valence-electron chi connectivity index (χ2n) is 5.07. The first-order valence-electron chi connectivity index (χ1n) is 6.53. The van der Waals surface area contributed by atoms with Crippen LogP contribution in [0.3, 0.4) is 0 Å². The van der Waals surface area contributed by atoms with E-state index in [9.17, 15) is 14.7 Å². The third-order valence-electron chi connectivity index (χ3n) is 3.46. The number of benzene rings is 1. The Morgan fingerprint density at radius 1 is 1.14 bits per heavy atom. The van der Waals surface area contributed by atoms with Gasteiger partial charge in [-0.3, -0.25) is 4.79 Å². The number of nitrogens with one attached hydrogen (secondary N) is 1. The highest BCUT2D eigenvalue weighted by molar-refractivity contribution is 7.16. The minimum absolute atomic E-state index is 0.177. The SMILES string of the molecule is Cc1ccc(C)c(C(=O)Nc2sc(C)c(C)c2C(=O)O)c1. The van der Waals surface area contributed by atoms with Crippen LogP contribution in [0.25, 0.3) is 0 Å². The molecule has 0 radical (unpaired) electrons. The number of carbonyl (C=O) groups is 2. The molecule has 0 aliphatic heterocycles. The monoisotopic (exact) mass is 303 g/mol. The highest BCUT2D eigenvalue weighted by atomic mass is 32.1. The molecule has 0 bridgehead atoms. The summed E-state index contributed by atoms with van der Waals surface area (Å²) in [5.41, 5.74) is 3.29. The normalized spacial score (nSPS) is 10.5. The zero-order valence-electron chi connectivity index (χ0n) is 12.4. The lowest BCUT2D eigenvalue weighted by molar-refractivity contribution is 0.0697. The van der Waals surface area contributed by atoms with E-state index in [1.165, 1.54) is 11.3 Å². The van der Waals surface area contributed by atoms with Crippen LogP contribution in [-0.2, 0) is 0 Å². The molecule has 0 unspecified atom stereocenters. The Bertz CT molecular complexity index is 731. The molecule has 0 fully saturated rings. The third kappa shape index (κ3) is 2.97. The van der Waals surface area contributed by atoms with E-state index < -0.39 is 5.97 Å². The van der Waals surface area contributed by atoms with Crippen molar-refractivity contribution in [2.24, 2.45) is 0 Å². The van der Waals surface area contributed by atoms with Crippen LogP contribution in [-0.4, -0.2) is 17.0 Å². The van der Waals surface area contributed by atoms with E-state index in [0.717, 1.165) is 16.0 Å². The van der Waals surface area contributed by atoms with Gasteiger partial charge in [-0.1, -0.05) is 17.7 Å². The fourth-order valence-electron chi connectivity index (χ4n) is 2.12. The van der Waals surface area contributed by atoms with Crippen LogP contribution in [0, 0.1) is 27.7 Å². The maximum atomic E-state index is 12.4. The van der Waals surface area contributed by atoms with Gasteiger partial charge in [-0.2, -0.15) is 0 Å². The molecule has 0 atom stereocenters. The van der Waals surface area contributed by atoms with Crippen molar-refractivity contribution in [2.45, 2.75) is 27.7 Å². The Balaban J connectivity index is 2.38. The van der Waals surface area contributed by atoms with Crippen LogP contribution in [0.15, 0.2) is 18.2 Å². The smallest absolute Gasteiger partial charge is 0.338 e. The molecular weight excluding hydrogens is 286 g/mol. The number of carbonyl (C=O) groups excluding carboxylic acids is 1. The number of hydrogen-bond acceptors (Lipinski definition) is 3. The van der Waals surface area contributed by atoms with E-state index in [0.29, 0.717) is 16.1 Å². The summed E-state index contributed by atoms with van der Waals surface area (Å²) in [5.74, 6) is -1.30. The van der Waals surface area contributed by atoms with Gasteiger partial charge in [-0.15, -0.1) is 11.3 Å². The van der Waals surface area contributed by atoms with Gasteiger partial charge in [0, 0.05) is 10.4 Å². The van der Waals surface area contributed by atoms with Crippen molar-refractivity contribution in [1.29, 1.82) is 0 Å². The molecule has 1 heterocycles. The topological polar surface area (TPSA) is 66.4 Å². The third-order valence-corrected chi connectivity index (χ3v) is 4.59. The van der Waals surface area contributed by atoms with E-state index in [-0.39, 0.29) is 11.5 Å². The number of anilines is 1. The quantitative estimate of drug-likeness (QED) is 0.902. The molecule has 1 amide bonds. The number of carboxylic acid groups (broad SMARTS) is 1. The van der Waals surface area contributed by atoms with E-state index >= 15 is 0 Å². The fourth-order valence-corrected chi connectivity index (χ4v) is 3.17. The number of thiophene rings is 1. The summed E-state index contributed by atoms with van der Waals surface area (Å²) in [7, 11) is 0. The maximum absolute atomic E-state index is 12.4. The van der Waals surface area contributed by atoms with Crippen LogP contribution in [0.1, 0.15) is 42.3 Å². The fraction of sp³-hybridized carbons (Fsp3) is 0.250. The van der Waals surface area contributed by atoms with Crippen LogP contribution >= 0.6 is 11.3 Å². The lowest BCUT2D eigenvalue weighted by atomic mass is 10.1. The molecule has 0 saturated carbocycles. The van der Waals surface area contributed by atoms with Crippen molar-refractivity contribution < 1.29 is 14.7 Å². The Hall–Kier alpha value is -2.14.